The van der Waals surface area contributed by atoms with Crippen molar-refractivity contribution in [3.05, 3.63) is 11.7 Å². The topological polar surface area (TPSA) is 77.2 Å². The maximum absolute atomic E-state index is 11.4. The van der Waals surface area contributed by atoms with E-state index in [1.54, 1.807) is 14.0 Å². The molecule has 90 valence electrons. The number of hydrogen-bond donors (Lipinski definition) is 1. The molecule has 1 aromatic rings. The number of aromatic nitrogens is 2. The van der Waals surface area contributed by atoms with Gasteiger partial charge >= 0.3 is 0 Å². The van der Waals surface area contributed by atoms with Crippen molar-refractivity contribution >= 4 is 5.91 Å². The average molecular weight is 227 g/mol. The van der Waals surface area contributed by atoms with E-state index in [-0.39, 0.29) is 12.3 Å². The van der Waals surface area contributed by atoms with Gasteiger partial charge in [-0.25, -0.2) is 0 Å². The largest absolute Gasteiger partial charge is 0.385 e. The summed E-state index contributed by atoms with van der Waals surface area (Å²) in [5.74, 6) is 0.813. The summed E-state index contributed by atoms with van der Waals surface area (Å²) in [6.07, 6.45) is 2.02. The van der Waals surface area contributed by atoms with Gasteiger partial charge in [-0.15, -0.1) is 0 Å². The van der Waals surface area contributed by atoms with Crippen LogP contribution in [0.25, 0.3) is 0 Å². The van der Waals surface area contributed by atoms with Gasteiger partial charge in [-0.05, 0) is 12.8 Å². The molecular formula is C10H17N3O3. The summed E-state index contributed by atoms with van der Waals surface area (Å²) < 4.78 is 9.67. The highest BCUT2D eigenvalue weighted by Gasteiger charge is 2.07. The second-order valence-electron chi connectivity index (χ2n) is 3.46. The zero-order chi connectivity index (χ0) is 11.8. The van der Waals surface area contributed by atoms with Crippen LogP contribution in [0, 0.1) is 6.92 Å². The average Bonchev–Trinajstić information content (AvgIpc) is 2.63. The normalized spacial score (nSPS) is 10.4. The first kappa shape index (κ1) is 12.6. The third-order valence-electron chi connectivity index (χ3n) is 1.99. The number of amides is 1. The van der Waals surface area contributed by atoms with E-state index in [9.17, 15) is 4.79 Å². The van der Waals surface area contributed by atoms with Crippen LogP contribution in [0.15, 0.2) is 4.52 Å². The molecular weight excluding hydrogens is 210 g/mol. The quantitative estimate of drug-likeness (QED) is 0.685. The van der Waals surface area contributed by atoms with Crippen molar-refractivity contribution < 1.29 is 14.1 Å². The molecule has 0 bridgehead atoms. The van der Waals surface area contributed by atoms with E-state index in [0.717, 1.165) is 19.4 Å². The molecule has 0 atom stereocenters. The molecule has 0 fully saturated rings. The van der Waals surface area contributed by atoms with Crippen molar-refractivity contribution in [2.45, 2.75) is 26.2 Å². The van der Waals surface area contributed by atoms with Gasteiger partial charge in [0, 0.05) is 27.2 Å². The Kier molecular flexibility index (Phi) is 5.49. The summed E-state index contributed by atoms with van der Waals surface area (Å²) in [4.78, 5) is 15.3. The Morgan fingerprint density at radius 3 is 2.94 bits per heavy atom. The predicted molar refractivity (Wildman–Crippen MR) is 56.9 cm³/mol. The molecule has 1 heterocycles. The first-order chi connectivity index (χ1) is 7.72. The summed E-state index contributed by atoms with van der Waals surface area (Å²) in [6, 6.07) is 0. The molecule has 16 heavy (non-hydrogen) atoms. The molecule has 0 saturated carbocycles. The number of nitrogens with one attached hydrogen (secondary N) is 1. The fourth-order valence-electron chi connectivity index (χ4n) is 1.22. The third-order valence-corrected chi connectivity index (χ3v) is 1.99. The Hall–Kier alpha value is -1.43. The molecule has 1 rings (SSSR count). The second-order valence-corrected chi connectivity index (χ2v) is 3.46. The Bertz CT molecular complexity index is 325. The number of rotatable bonds is 7. The van der Waals surface area contributed by atoms with Gasteiger partial charge in [-0.3, -0.25) is 4.79 Å². The molecule has 0 aliphatic heterocycles. The van der Waals surface area contributed by atoms with Crippen LogP contribution in [0.1, 0.15) is 24.6 Å². The van der Waals surface area contributed by atoms with Gasteiger partial charge in [0.05, 0.1) is 6.42 Å². The van der Waals surface area contributed by atoms with Crippen LogP contribution in [0.5, 0.6) is 0 Å². The van der Waals surface area contributed by atoms with Crippen LogP contribution >= 0.6 is 0 Å². The maximum Gasteiger partial charge on any atom is 0.227 e. The van der Waals surface area contributed by atoms with Crippen molar-refractivity contribution in [3.63, 3.8) is 0 Å². The van der Waals surface area contributed by atoms with E-state index < -0.39 is 0 Å². The van der Waals surface area contributed by atoms with E-state index in [0.29, 0.717) is 18.3 Å². The Balaban J connectivity index is 2.11. The smallest absolute Gasteiger partial charge is 0.227 e. The zero-order valence-electron chi connectivity index (χ0n) is 9.65. The molecule has 1 N–H and O–H groups in total. The first-order valence-electron chi connectivity index (χ1n) is 5.27. The lowest BCUT2D eigenvalue weighted by molar-refractivity contribution is -0.120. The van der Waals surface area contributed by atoms with Crippen LogP contribution in [0.2, 0.25) is 0 Å². The molecule has 6 heteroatoms. The molecule has 1 aromatic heterocycles. The monoisotopic (exact) mass is 227 g/mol. The molecule has 0 spiro atoms. The van der Waals surface area contributed by atoms with Gasteiger partial charge in [-0.1, -0.05) is 5.16 Å². The number of carbonyl (C=O) groups excluding carboxylic acids is 1. The molecule has 6 nitrogen and oxygen atoms in total. The van der Waals surface area contributed by atoms with Gasteiger partial charge in [-0.2, -0.15) is 4.98 Å². The van der Waals surface area contributed by atoms with Crippen LogP contribution < -0.4 is 5.32 Å². The molecule has 0 aliphatic carbocycles. The Morgan fingerprint density at radius 1 is 1.50 bits per heavy atom. The van der Waals surface area contributed by atoms with Crippen molar-refractivity contribution in [1.29, 1.82) is 0 Å². The molecule has 0 radical (unpaired) electrons. The minimum absolute atomic E-state index is 0.0850. The van der Waals surface area contributed by atoms with Gasteiger partial charge in [0.15, 0.2) is 5.82 Å². The predicted octanol–water partition coefficient (Wildman–Crippen LogP) is 0.463. The minimum atomic E-state index is -0.0850. The third kappa shape index (κ3) is 4.88. The molecule has 0 unspecified atom stereocenters. The standard InChI is InChI=1S/C10H17N3O3/c1-8-12-9(13-16-8)7-10(14)11-5-3-4-6-15-2/h3-7H2,1-2H3,(H,11,14). The van der Waals surface area contributed by atoms with Crippen molar-refractivity contribution in [3.8, 4) is 0 Å². The number of aryl methyl sites for hydroxylation is 1. The summed E-state index contributed by atoms with van der Waals surface area (Å²) in [7, 11) is 1.66. The lowest BCUT2D eigenvalue weighted by atomic mass is 10.3. The van der Waals surface area contributed by atoms with Crippen LogP contribution in [0.4, 0.5) is 0 Å². The summed E-state index contributed by atoms with van der Waals surface area (Å²) in [6.45, 7) is 3.07. The number of nitrogens with zero attached hydrogens (tertiary/aromatic N) is 2. The van der Waals surface area contributed by atoms with Crippen LogP contribution in [0.3, 0.4) is 0 Å². The SMILES string of the molecule is COCCCCNC(=O)Cc1noc(C)n1. The molecule has 1 amide bonds. The zero-order valence-corrected chi connectivity index (χ0v) is 9.65. The highest BCUT2D eigenvalue weighted by molar-refractivity contribution is 5.77. The van der Waals surface area contributed by atoms with Crippen LogP contribution in [-0.2, 0) is 16.0 Å². The van der Waals surface area contributed by atoms with E-state index in [4.69, 9.17) is 9.26 Å². The van der Waals surface area contributed by atoms with E-state index in [2.05, 4.69) is 15.5 Å². The molecule has 0 saturated heterocycles. The van der Waals surface area contributed by atoms with Crippen molar-refractivity contribution in [2.24, 2.45) is 0 Å². The Morgan fingerprint density at radius 2 is 2.31 bits per heavy atom. The summed E-state index contributed by atoms with van der Waals surface area (Å²) in [5, 5.41) is 6.43. The van der Waals surface area contributed by atoms with Crippen molar-refractivity contribution in [1.82, 2.24) is 15.5 Å². The summed E-state index contributed by atoms with van der Waals surface area (Å²) in [5.41, 5.74) is 0. The highest BCUT2D eigenvalue weighted by atomic mass is 16.5. The van der Waals surface area contributed by atoms with Crippen LogP contribution in [-0.4, -0.2) is 36.3 Å². The number of ether oxygens (including phenoxy) is 1. The number of unbranched alkanes of at least 4 members (excludes halogenated alkanes) is 1. The minimum Gasteiger partial charge on any atom is -0.385 e. The fourth-order valence-corrected chi connectivity index (χ4v) is 1.22. The lowest BCUT2D eigenvalue weighted by Crippen LogP contribution is -2.26. The first-order valence-corrected chi connectivity index (χ1v) is 5.27. The number of methoxy groups -OCH3 is 1. The second kappa shape index (κ2) is 6.95. The van der Waals surface area contributed by atoms with Gasteiger partial charge in [0.25, 0.3) is 0 Å². The van der Waals surface area contributed by atoms with E-state index >= 15 is 0 Å². The molecule has 0 aliphatic rings. The van der Waals surface area contributed by atoms with Gasteiger partial charge in [0.1, 0.15) is 0 Å². The van der Waals surface area contributed by atoms with E-state index in [1.807, 2.05) is 0 Å². The lowest BCUT2D eigenvalue weighted by Gasteiger charge is -2.02. The van der Waals surface area contributed by atoms with Gasteiger partial charge in [0.2, 0.25) is 11.8 Å². The highest BCUT2D eigenvalue weighted by Crippen LogP contribution is 1.95. The summed E-state index contributed by atoms with van der Waals surface area (Å²) >= 11 is 0. The number of hydrogen-bond acceptors (Lipinski definition) is 5. The molecule has 0 aromatic carbocycles. The van der Waals surface area contributed by atoms with Gasteiger partial charge < -0.3 is 14.6 Å². The van der Waals surface area contributed by atoms with Crippen molar-refractivity contribution in [2.75, 3.05) is 20.3 Å². The number of carbonyl (C=O) groups is 1. The fraction of sp³-hybridized carbons (Fsp3) is 0.700. The maximum atomic E-state index is 11.4. The van der Waals surface area contributed by atoms with E-state index in [1.165, 1.54) is 0 Å². The Labute approximate surface area is 94.4 Å².